The molecule has 122 valence electrons. The second-order valence-corrected chi connectivity index (χ2v) is 6.95. The number of likely N-dealkylation sites (N-methyl/N-ethyl adjacent to an activating group) is 1. The lowest BCUT2D eigenvalue weighted by atomic mass is 9.85. The maximum absolute atomic E-state index is 4.55. The van der Waals surface area contributed by atoms with Gasteiger partial charge in [-0.25, -0.2) is 0 Å². The van der Waals surface area contributed by atoms with E-state index in [0.29, 0.717) is 0 Å². The van der Waals surface area contributed by atoms with E-state index < -0.39 is 0 Å². The highest BCUT2D eigenvalue weighted by molar-refractivity contribution is 9.10. The molecule has 0 saturated heterocycles. The van der Waals surface area contributed by atoms with Gasteiger partial charge >= 0.3 is 0 Å². The SMILES string of the molecule is CCCNC(c1c(Br)cnn1CCC)C(C)(CC)N(C)C. The molecule has 1 heterocycles. The summed E-state index contributed by atoms with van der Waals surface area (Å²) in [6.45, 7) is 11.0. The molecule has 0 aromatic carbocycles. The molecule has 1 aromatic heterocycles. The minimum Gasteiger partial charge on any atom is -0.307 e. The van der Waals surface area contributed by atoms with Gasteiger partial charge in [0, 0.05) is 12.1 Å². The van der Waals surface area contributed by atoms with E-state index in [4.69, 9.17) is 0 Å². The summed E-state index contributed by atoms with van der Waals surface area (Å²) in [5.74, 6) is 0. The summed E-state index contributed by atoms with van der Waals surface area (Å²) >= 11 is 3.71. The van der Waals surface area contributed by atoms with Gasteiger partial charge in [0.1, 0.15) is 0 Å². The molecule has 1 aromatic rings. The molecule has 0 saturated carbocycles. The summed E-state index contributed by atoms with van der Waals surface area (Å²) in [5.41, 5.74) is 1.31. The summed E-state index contributed by atoms with van der Waals surface area (Å²) < 4.78 is 3.25. The molecule has 1 N–H and O–H groups in total. The molecule has 0 spiro atoms. The number of nitrogens with one attached hydrogen (secondary N) is 1. The van der Waals surface area contributed by atoms with Gasteiger partial charge in [-0.2, -0.15) is 5.10 Å². The van der Waals surface area contributed by atoms with E-state index in [9.17, 15) is 0 Å². The zero-order valence-electron chi connectivity index (χ0n) is 14.4. The number of hydrogen-bond acceptors (Lipinski definition) is 3. The highest BCUT2D eigenvalue weighted by atomic mass is 79.9. The van der Waals surface area contributed by atoms with Crippen molar-refractivity contribution in [2.75, 3.05) is 20.6 Å². The highest BCUT2D eigenvalue weighted by Crippen LogP contribution is 2.36. The van der Waals surface area contributed by atoms with Crippen LogP contribution in [0.1, 0.15) is 58.7 Å². The normalized spacial score (nSPS) is 16.2. The van der Waals surface area contributed by atoms with E-state index >= 15 is 0 Å². The van der Waals surface area contributed by atoms with Crippen LogP contribution in [-0.4, -0.2) is 40.9 Å². The highest BCUT2D eigenvalue weighted by Gasteiger charge is 2.38. The Balaban J connectivity index is 3.27. The van der Waals surface area contributed by atoms with Crippen molar-refractivity contribution in [1.82, 2.24) is 20.0 Å². The standard InChI is InChI=1S/C16H31BrN4/c1-7-10-18-15(16(4,9-3)20(5)6)14-13(17)12-19-21(14)11-8-2/h12,15,18H,7-11H2,1-6H3. The molecule has 0 fully saturated rings. The Morgan fingerprint density at radius 3 is 2.48 bits per heavy atom. The third-order valence-corrected chi connectivity index (χ3v) is 5.11. The Kier molecular flexibility index (Phi) is 7.37. The van der Waals surface area contributed by atoms with E-state index in [1.165, 1.54) is 5.69 Å². The van der Waals surface area contributed by atoms with Gasteiger partial charge in [-0.15, -0.1) is 0 Å². The lowest BCUT2D eigenvalue weighted by molar-refractivity contribution is 0.107. The number of aromatic nitrogens is 2. The van der Waals surface area contributed by atoms with E-state index in [1.807, 2.05) is 6.20 Å². The van der Waals surface area contributed by atoms with Gasteiger partial charge in [0.05, 0.1) is 22.4 Å². The van der Waals surface area contributed by atoms with E-state index in [-0.39, 0.29) is 11.6 Å². The van der Waals surface area contributed by atoms with Gasteiger partial charge < -0.3 is 10.2 Å². The van der Waals surface area contributed by atoms with Crippen LogP contribution in [0.15, 0.2) is 10.7 Å². The lowest BCUT2D eigenvalue weighted by Crippen LogP contribution is -2.52. The maximum atomic E-state index is 4.55. The monoisotopic (exact) mass is 358 g/mol. The van der Waals surface area contributed by atoms with E-state index in [2.05, 4.69) is 77.7 Å². The first kappa shape index (κ1) is 18.7. The molecule has 0 radical (unpaired) electrons. The molecule has 0 amide bonds. The minimum absolute atomic E-state index is 0.0449. The second kappa shape index (κ2) is 8.30. The van der Waals surface area contributed by atoms with Crippen molar-refractivity contribution < 1.29 is 0 Å². The Labute approximate surface area is 138 Å². The van der Waals surface area contributed by atoms with Gasteiger partial charge in [0.2, 0.25) is 0 Å². The van der Waals surface area contributed by atoms with Crippen molar-refractivity contribution in [1.29, 1.82) is 0 Å². The molecular formula is C16H31BrN4. The van der Waals surface area contributed by atoms with Gasteiger partial charge in [0.25, 0.3) is 0 Å². The topological polar surface area (TPSA) is 33.1 Å². The van der Waals surface area contributed by atoms with Gasteiger partial charge in [0.15, 0.2) is 0 Å². The second-order valence-electron chi connectivity index (χ2n) is 6.09. The number of rotatable bonds is 9. The first-order valence-corrected chi connectivity index (χ1v) is 8.83. The molecule has 2 atom stereocenters. The van der Waals surface area contributed by atoms with Gasteiger partial charge in [-0.1, -0.05) is 20.8 Å². The Morgan fingerprint density at radius 1 is 1.33 bits per heavy atom. The predicted octanol–water partition coefficient (Wildman–Crippen LogP) is 3.83. The number of aryl methyl sites for hydroxylation is 1. The van der Waals surface area contributed by atoms with Crippen LogP contribution < -0.4 is 5.32 Å². The summed E-state index contributed by atoms with van der Waals surface area (Å²) in [7, 11) is 4.33. The molecule has 0 aliphatic heterocycles. The van der Waals surface area contributed by atoms with Gasteiger partial charge in [-0.05, 0) is 62.8 Å². The van der Waals surface area contributed by atoms with Crippen molar-refractivity contribution in [3.05, 3.63) is 16.4 Å². The molecule has 0 bridgehead atoms. The molecule has 2 unspecified atom stereocenters. The van der Waals surface area contributed by atoms with E-state index in [0.717, 1.165) is 36.8 Å². The van der Waals surface area contributed by atoms with Crippen molar-refractivity contribution >= 4 is 15.9 Å². The van der Waals surface area contributed by atoms with Crippen LogP contribution in [0.4, 0.5) is 0 Å². The first-order chi connectivity index (χ1) is 9.92. The molecule has 1 rings (SSSR count). The fourth-order valence-electron chi connectivity index (χ4n) is 2.73. The van der Waals surface area contributed by atoms with Crippen molar-refractivity contribution in [3.8, 4) is 0 Å². The molecule has 4 nitrogen and oxygen atoms in total. The summed E-state index contributed by atoms with van der Waals surface area (Å²) in [6.07, 6.45) is 5.22. The van der Waals surface area contributed by atoms with Crippen LogP contribution in [0.5, 0.6) is 0 Å². The number of nitrogens with zero attached hydrogens (tertiary/aromatic N) is 3. The fourth-order valence-corrected chi connectivity index (χ4v) is 3.25. The molecule has 5 heteroatoms. The van der Waals surface area contributed by atoms with Crippen molar-refractivity contribution in [3.63, 3.8) is 0 Å². The zero-order chi connectivity index (χ0) is 16.0. The van der Waals surface area contributed by atoms with Crippen LogP contribution >= 0.6 is 15.9 Å². The van der Waals surface area contributed by atoms with E-state index in [1.54, 1.807) is 0 Å². The average molecular weight is 359 g/mol. The quantitative estimate of drug-likeness (QED) is 0.728. The maximum Gasteiger partial charge on any atom is 0.0714 e. The fraction of sp³-hybridized carbons (Fsp3) is 0.812. The predicted molar refractivity (Wildman–Crippen MR) is 93.6 cm³/mol. The van der Waals surface area contributed by atoms with Gasteiger partial charge in [-0.3, -0.25) is 4.68 Å². The molecule has 21 heavy (non-hydrogen) atoms. The van der Waals surface area contributed by atoms with Crippen LogP contribution in [0.3, 0.4) is 0 Å². The molecule has 0 aliphatic rings. The van der Waals surface area contributed by atoms with Crippen LogP contribution in [0.2, 0.25) is 0 Å². The van der Waals surface area contributed by atoms with Crippen molar-refractivity contribution in [2.45, 2.75) is 65.1 Å². The minimum atomic E-state index is 0.0449. The third-order valence-electron chi connectivity index (χ3n) is 4.50. The Morgan fingerprint density at radius 2 is 2.00 bits per heavy atom. The Hall–Kier alpha value is -0.390. The molecule has 0 aliphatic carbocycles. The summed E-state index contributed by atoms with van der Waals surface area (Å²) in [4.78, 5) is 2.33. The van der Waals surface area contributed by atoms with Crippen LogP contribution in [-0.2, 0) is 6.54 Å². The number of halogens is 1. The average Bonchev–Trinajstić information content (AvgIpc) is 2.80. The zero-order valence-corrected chi connectivity index (χ0v) is 16.0. The van der Waals surface area contributed by atoms with Crippen LogP contribution in [0, 0.1) is 0 Å². The molecular weight excluding hydrogens is 328 g/mol. The first-order valence-electron chi connectivity index (χ1n) is 8.04. The smallest absolute Gasteiger partial charge is 0.0714 e. The lowest BCUT2D eigenvalue weighted by Gasteiger charge is -2.43. The number of hydrogen-bond donors (Lipinski definition) is 1. The summed E-state index contributed by atoms with van der Waals surface area (Å²) in [6, 6.07) is 0.251. The van der Waals surface area contributed by atoms with Crippen molar-refractivity contribution in [2.24, 2.45) is 0 Å². The largest absolute Gasteiger partial charge is 0.307 e. The Bertz CT molecular complexity index is 430. The summed E-state index contributed by atoms with van der Waals surface area (Å²) in [5, 5.41) is 8.30. The van der Waals surface area contributed by atoms with Crippen LogP contribution in [0.25, 0.3) is 0 Å². The third kappa shape index (κ3) is 4.08.